The van der Waals surface area contributed by atoms with Gasteiger partial charge >= 0.3 is 0 Å². The predicted octanol–water partition coefficient (Wildman–Crippen LogP) is 1.11. The lowest BCUT2D eigenvalue weighted by Gasteiger charge is -2.00. The highest BCUT2D eigenvalue weighted by Crippen LogP contribution is 2.27. The molecule has 1 aliphatic heterocycles. The summed E-state index contributed by atoms with van der Waals surface area (Å²) in [7, 11) is 0. The van der Waals surface area contributed by atoms with Crippen molar-refractivity contribution in [2.75, 3.05) is 6.54 Å². The van der Waals surface area contributed by atoms with Crippen molar-refractivity contribution < 1.29 is 0 Å². The molecule has 0 fully saturated rings. The number of hydrogen-bond acceptors (Lipinski definition) is 4. The quantitative estimate of drug-likeness (QED) is 0.785. The van der Waals surface area contributed by atoms with Gasteiger partial charge in [-0.25, -0.2) is 9.97 Å². The summed E-state index contributed by atoms with van der Waals surface area (Å²) in [5.41, 5.74) is 7.97. The minimum atomic E-state index is 0.717. The number of rotatable bonds is 3. The van der Waals surface area contributed by atoms with Gasteiger partial charge in [0.2, 0.25) is 0 Å². The zero-order chi connectivity index (χ0) is 9.10. The van der Waals surface area contributed by atoms with Crippen LogP contribution in [0.3, 0.4) is 0 Å². The maximum absolute atomic E-state index is 5.43. The molecule has 2 rings (SSSR count). The molecule has 0 spiro atoms. The van der Waals surface area contributed by atoms with Crippen molar-refractivity contribution in [3.05, 3.63) is 23.3 Å². The first-order valence-electron chi connectivity index (χ1n) is 4.51. The van der Waals surface area contributed by atoms with Crippen LogP contribution in [0.4, 0.5) is 0 Å². The van der Waals surface area contributed by atoms with Crippen LogP contribution in [-0.2, 0) is 17.9 Å². The van der Waals surface area contributed by atoms with Crippen LogP contribution in [-0.4, -0.2) is 16.5 Å². The average Bonchev–Trinajstić information content (AvgIpc) is 2.61. The van der Waals surface area contributed by atoms with Crippen LogP contribution in [0.25, 0.3) is 0 Å². The van der Waals surface area contributed by atoms with E-state index in [2.05, 4.69) is 9.97 Å². The molecule has 0 bridgehead atoms. The molecule has 0 amide bonds. The van der Waals surface area contributed by atoms with E-state index in [1.165, 1.54) is 11.3 Å². The lowest BCUT2D eigenvalue weighted by molar-refractivity contribution is 0.772. The molecule has 13 heavy (non-hydrogen) atoms. The molecule has 0 aromatic carbocycles. The van der Waals surface area contributed by atoms with Crippen molar-refractivity contribution in [2.24, 2.45) is 5.73 Å². The van der Waals surface area contributed by atoms with E-state index in [1.807, 2.05) is 18.0 Å². The SMILES string of the molecule is NCCCc1ncc2c(n1)CSC2. The number of hydrogen-bond donors (Lipinski definition) is 1. The first kappa shape index (κ1) is 8.97. The summed E-state index contributed by atoms with van der Waals surface area (Å²) in [4.78, 5) is 8.81. The molecule has 4 heteroatoms. The van der Waals surface area contributed by atoms with Gasteiger partial charge in [-0.3, -0.25) is 0 Å². The molecule has 0 saturated carbocycles. The Bertz CT molecular complexity index is 301. The molecule has 0 atom stereocenters. The molecule has 1 aromatic rings. The Morgan fingerprint density at radius 3 is 3.23 bits per heavy atom. The topological polar surface area (TPSA) is 51.8 Å². The first-order chi connectivity index (χ1) is 6.40. The molecule has 70 valence electrons. The van der Waals surface area contributed by atoms with Gasteiger partial charge in [-0.15, -0.1) is 0 Å². The van der Waals surface area contributed by atoms with Gasteiger partial charge in [-0.1, -0.05) is 0 Å². The number of nitrogens with zero attached hydrogens (tertiary/aromatic N) is 2. The Balaban J connectivity index is 2.12. The smallest absolute Gasteiger partial charge is 0.128 e. The molecule has 0 saturated heterocycles. The summed E-state index contributed by atoms with van der Waals surface area (Å²) in [5.74, 6) is 3.08. The van der Waals surface area contributed by atoms with Gasteiger partial charge in [-0.05, 0) is 13.0 Å². The van der Waals surface area contributed by atoms with Crippen LogP contribution in [0.1, 0.15) is 23.5 Å². The average molecular weight is 195 g/mol. The normalized spacial score (nSPS) is 14.5. The second kappa shape index (κ2) is 4.07. The fraction of sp³-hybridized carbons (Fsp3) is 0.556. The lowest BCUT2D eigenvalue weighted by Crippen LogP contribution is -2.04. The summed E-state index contributed by atoms with van der Waals surface area (Å²) < 4.78 is 0. The van der Waals surface area contributed by atoms with E-state index in [1.54, 1.807) is 0 Å². The molecule has 2 N–H and O–H groups in total. The number of aryl methyl sites for hydroxylation is 1. The van der Waals surface area contributed by atoms with Gasteiger partial charge in [0.1, 0.15) is 5.82 Å². The van der Waals surface area contributed by atoms with E-state index in [0.29, 0.717) is 0 Å². The highest BCUT2D eigenvalue weighted by molar-refractivity contribution is 7.98. The lowest BCUT2D eigenvalue weighted by atomic mass is 10.2. The number of fused-ring (bicyclic) bond motifs is 1. The largest absolute Gasteiger partial charge is 0.330 e. The van der Waals surface area contributed by atoms with Gasteiger partial charge < -0.3 is 5.73 Å². The second-order valence-electron chi connectivity index (χ2n) is 3.14. The van der Waals surface area contributed by atoms with Crippen LogP contribution in [0.2, 0.25) is 0 Å². The Labute approximate surface area is 82.2 Å². The minimum Gasteiger partial charge on any atom is -0.330 e. The standard InChI is InChI=1S/C9H13N3S/c10-3-1-2-9-11-4-7-5-13-6-8(7)12-9/h4H,1-3,5-6,10H2. The number of nitrogens with two attached hydrogens (primary N) is 1. The zero-order valence-electron chi connectivity index (χ0n) is 7.49. The van der Waals surface area contributed by atoms with Crippen molar-refractivity contribution in [2.45, 2.75) is 24.3 Å². The molecule has 0 aliphatic carbocycles. The van der Waals surface area contributed by atoms with Crippen molar-refractivity contribution >= 4 is 11.8 Å². The second-order valence-corrected chi connectivity index (χ2v) is 4.13. The van der Waals surface area contributed by atoms with Crippen molar-refractivity contribution in [3.8, 4) is 0 Å². The Hall–Kier alpha value is -0.610. The maximum Gasteiger partial charge on any atom is 0.128 e. The summed E-state index contributed by atoms with van der Waals surface area (Å²) in [6.07, 6.45) is 3.86. The van der Waals surface area contributed by atoms with Crippen LogP contribution >= 0.6 is 11.8 Å². The van der Waals surface area contributed by atoms with Gasteiger partial charge in [0, 0.05) is 29.7 Å². The number of thioether (sulfide) groups is 1. The van der Waals surface area contributed by atoms with Crippen LogP contribution in [0.15, 0.2) is 6.20 Å². The van der Waals surface area contributed by atoms with E-state index < -0.39 is 0 Å². The Kier molecular flexibility index (Phi) is 2.80. The molecule has 0 unspecified atom stereocenters. The number of aromatic nitrogens is 2. The molecule has 2 heterocycles. The molecule has 0 radical (unpaired) electrons. The summed E-state index contributed by atoms with van der Waals surface area (Å²) in [5, 5.41) is 0. The predicted molar refractivity (Wildman–Crippen MR) is 54.4 cm³/mol. The fourth-order valence-corrected chi connectivity index (χ4v) is 2.37. The fourth-order valence-electron chi connectivity index (χ4n) is 1.37. The van der Waals surface area contributed by atoms with E-state index in [9.17, 15) is 0 Å². The highest BCUT2D eigenvalue weighted by atomic mass is 32.2. The minimum absolute atomic E-state index is 0.717. The van der Waals surface area contributed by atoms with E-state index in [-0.39, 0.29) is 0 Å². The summed E-state index contributed by atoms with van der Waals surface area (Å²) >= 11 is 1.91. The van der Waals surface area contributed by atoms with E-state index in [0.717, 1.165) is 36.7 Å². The molecule has 3 nitrogen and oxygen atoms in total. The third-order valence-corrected chi connectivity index (χ3v) is 3.10. The maximum atomic E-state index is 5.43. The van der Waals surface area contributed by atoms with Crippen molar-refractivity contribution in [3.63, 3.8) is 0 Å². The first-order valence-corrected chi connectivity index (χ1v) is 5.67. The van der Waals surface area contributed by atoms with E-state index >= 15 is 0 Å². The summed E-state index contributed by atoms with van der Waals surface area (Å²) in [6, 6.07) is 0. The molecule has 1 aliphatic rings. The van der Waals surface area contributed by atoms with Crippen molar-refractivity contribution in [1.29, 1.82) is 0 Å². The molecular weight excluding hydrogens is 182 g/mol. The zero-order valence-corrected chi connectivity index (χ0v) is 8.31. The summed E-state index contributed by atoms with van der Waals surface area (Å²) in [6.45, 7) is 0.717. The highest BCUT2D eigenvalue weighted by Gasteiger charge is 2.13. The van der Waals surface area contributed by atoms with Crippen LogP contribution in [0.5, 0.6) is 0 Å². The van der Waals surface area contributed by atoms with E-state index in [4.69, 9.17) is 5.73 Å². The van der Waals surface area contributed by atoms with Gasteiger partial charge in [0.15, 0.2) is 0 Å². The van der Waals surface area contributed by atoms with Gasteiger partial charge in [0.05, 0.1) is 5.69 Å². The van der Waals surface area contributed by atoms with Gasteiger partial charge in [-0.2, -0.15) is 11.8 Å². The third kappa shape index (κ3) is 2.00. The molecule has 1 aromatic heterocycles. The van der Waals surface area contributed by atoms with Crippen molar-refractivity contribution in [1.82, 2.24) is 9.97 Å². The Morgan fingerprint density at radius 1 is 1.46 bits per heavy atom. The molecular formula is C9H13N3S. The third-order valence-electron chi connectivity index (χ3n) is 2.10. The van der Waals surface area contributed by atoms with Crippen LogP contribution in [0, 0.1) is 0 Å². The Morgan fingerprint density at radius 2 is 2.38 bits per heavy atom. The van der Waals surface area contributed by atoms with Crippen LogP contribution < -0.4 is 5.73 Å². The monoisotopic (exact) mass is 195 g/mol. The van der Waals surface area contributed by atoms with Gasteiger partial charge in [0.25, 0.3) is 0 Å².